The first-order valence-corrected chi connectivity index (χ1v) is 21.1. The van der Waals surface area contributed by atoms with Gasteiger partial charge in [-0.05, 0) is 85.0 Å². The van der Waals surface area contributed by atoms with Crippen LogP contribution in [0.25, 0.3) is 21.6 Å². The van der Waals surface area contributed by atoms with Crippen LogP contribution in [-0.2, 0) is 19.2 Å². The molecule has 3 aromatic carbocycles. The van der Waals surface area contributed by atoms with E-state index in [0.29, 0.717) is 17.8 Å². The number of rotatable bonds is 17. The molecule has 1 fully saturated rings. The van der Waals surface area contributed by atoms with Gasteiger partial charge >= 0.3 is 0 Å². The number of benzene rings is 3. The molecule has 14 heteroatoms. The summed E-state index contributed by atoms with van der Waals surface area (Å²) in [6.07, 6.45) is 0.604. The molecule has 0 spiro atoms. The van der Waals surface area contributed by atoms with E-state index in [-0.39, 0.29) is 50.1 Å². The number of hydrazine groups is 1. The Balaban J connectivity index is 1.17. The molecule has 0 aliphatic carbocycles. The first-order chi connectivity index (χ1) is 28.1. The normalized spacial score (nSPS) is 16.8. The molecule has 1 aliphatic rings. The zero-order chi connectivity index (χ0) is 42.9. The summed E-state index contributed by atoms with van der Waals surface area (Å²) in [6, 6.07) is 21.1. The minimum absolute atomic E-state index is 0.0488. The monoisotopic (exact) mass is 823 g/mol. The summed E-state index contributed by atoms with van der Waals surface area (Å²) in [5, 5.41) is 16.6. The van der Waals surface area contributed by atoms with Gasteiger partial charge in [-0.25, -0.2) is 10.4 Å². The highest BCUT2D eigenvalue weighted by molar-refractivity contribution is 7.13. The number of aliphatic hydroxyl groups is 1. The van der Waals surface area contributed by atoms with Crippen LogP contribution in [0, 0.1) is 24.2 Å². The van der Waals surface area contributed by atoms with E-state index >= 15 is 0 Å². The number of primary amides is 1. The number of nitrogens with one attached hydrogen (secondary N) is 4. The van der Waals surface area contributed by atoms with Crippen molar-refractivity contribution in [3.05, 3.63) is 95.1 Å². The van der Waals surface area contributed by atoms with Crippen molar-refractivity contribution in [3.63, 3.8) is 0 Å². The van der Waals surface area contributed by atoms with Crippen molar-refractivity contribution in [1.29, 1.82) is 0 Å². The van der Waals surface area contributed by atoms with Gasteiger partial charge in [-0.1, -0.05) is 76.2 Å². The Morgan fingerprint density at radius 1 is 0.949 bits per heavy atom. The molecule has 1 aromatic heterocycles. The highest BCUT2D eigenvalue weighted by atomic mass is 32.1. The van der Waals surface area contributed by atoms with E-state index in [4.69, 9.17) is 5.73 Å². The SMILES string of the molecule is CCCNNC(=O)c1ccc(-c2ccc(NC(=O)CCCC(C(N)=O)[C@H](C(=O)N3C[C@H](O)C[C@H]3C(=O)N[C@@H](C)c3ccc(-c4scnc4C)cc3)C(C)(C)C)cc2)cc1. The number of aliphatic hydroxyl groups excluding tert-OH is 1. The third-order valence-electron chi connectivity index (χ3n) is 10.8. The number of aromatic nitrogens is 1. The minimum atomic E-state index is -0.937. The van der Waals surface area contributed by atoms with Crippen LogP contribution >= 0.6 is 11.3 Å². The van der Waals surface area contributed by atoms with Crippen molar-refractivity contribution in [3.8, 4) is 21.6 Å². The average molecular weight is 824 g/mol. The predicted molar refractivity (Wildman–Crippen MR) is 231 cm³/mol. The molecule has 7 N–H and O–H groups in total. The zero-order valence-corrected chi connectivity index (χ0v) is 35.5. The van der Waals surface area contributed by atoms with Gasteiger partial charge in [0.1, 0.15) is 6.04 Å². The first kappa shape index (κ1) is 44.7. The molecule has 2 heterocycles. The summed E-state index contributed by atoms with van der Waals surface area (Å²) in [5.74, 6) is -3.77. The summed E-state index contributed by atoms with van der Waals surface area (Å²) >= 11 is 1.56. The summed E-state index contributed by atoms with van der Waals surface area (Å²) < 4.78 is 0. The van der Waals surface area contributed by atoms with Crippen molar-refractivity contribution in [2.75, 3.05) is 18.4 Å². The van der Waals surface area contributed by atoms with Crippen LogP contribution < -0.4 is 27.2 Å². The quantitative estimate of drug-likeness (QED) is 0.0540. The number of hydrogen-bond acceptors (Lipinski definition) is 9. The lowest BCUT2D eigenvalue weighted by molar-refractivity contribution is -0.149. The van der Waals surface area contributed by atoms with Crippen LogP contribution in [0.3, 0.4) is 0 Å². The van der Waals surface area contributed by atoms with Gasteiger partial charge in [-0.15, -0.1) is 11.3 Å². The molecule has 0 saturated carbocycles. The number of nitrogens with zero attached hydrogens (tertiary/aromatic N) is 2. The Morgan fingerprint density at radius 2 is 1.58 bits per heavy atom. The highest BCUT2D eigenvalue weighted by Crippen LogP contribution is 2.38. The van der Waals surface area contributed by atoms with Gasteiger partial charge in [-0.3, -0.25) is 29.4 Å². The Bertz CT molecular complexity index is 2080. The number of hydrogen-bond donors (Lipinski definition) is 6. The van der Waals surface area contributed by atoms with E-state index in [1.165, 1.54) is 4.90 Å². The molecule has 1 unspecified atom stereocenters. The van der Waals surface area contributed by atoms with Crippen molar-refractivity contribution in [1.82, 2.24) is 26.1 Å². The molecule has 5 rings (SSSR count). The van der Waals surface area contributed by atoms with E-state index in [1.54, 1.807) is 35.6 Å². The molecule has 59 heavy (non-hydrogen) atoms. The van der Waals surface area contributed by atoms with Gasteiger partial charge in [0.2, 0.25) is 23.6 Å². The van der Waals surface area contributed by atoms with Crippen LogP contribution in [-0.4, -0.2) is 69.8 Å². The Labute approximate surface area is 350 Å². The number of anilines is 1. The van der Waals surface area contributed by atoms with Gasteiger partial charge in [0, 0.05) is 43.1 Å². The molecule has 0 radical (unpaired) electrons. The molecule has 4 aromatic rings. The zero-order valence-electron chi connectivity index (χ0n) is 34.7. The Kier molecular flexibility index (Phi) is 15.1. The lowest BCUT2D eigenvalue weighted by atomic mass is 9.70. The van der Waals surface area contributed by atoms with Crippen LogP contribution in [0.5, 0.6) is 0 Å². The maximum Gasteiger partial charge on any atom is 0.265 e. The number of amides is 5. The van der Waals surface area contributed by atoms with E-state index in [1.807, 2.05) is 95.6 Å². The number of likely N-dealkylation sites (tertiary alicyclic amines) is 1. The number of carbonyl (C=O) groups excluding carboxylic acids is 5. The molecular formula is C45H57N7O6S. The maximum atomic E-state index is 14.4. The summed E-state index contributed by atoms with van der Waals surface area (Å²) in [4.78, 5) is 73.3. The van der Waals surface area contributed by atoms with Crippen LogP contribution in [0.15, 0.2) is 78.3 Å². The second-order valence-electron chi connectivity index (χ2n) is 16.3. The summed E-state index contributed by atoms with van der Waals surface area (Å²) in [6.45, 7) is 12.0. The number of β-amino-alcohol motifs (C(OH)–C–C–N with tert-alkyl or cyclic N) is 1. The largest absolute Gasteiger partial charge is 0.391 e. The van der Waals surface area contributed by atoms with Crippen LogP contribution in [0.2, 0.25) is 0 Å². The van der Waals surface area contributed by atoms with E-state index < -0.39 is 47.1 Å². The van der Waals surface area contributed by atoms with Crippen molar-refractivity contribution >= 4 is 46.6 Å². The maximum absolute atomic E-state index is 14.4. The predicted octanol–water partition coefficient (Wildman–Crippen LogP) is 6.14. The Morgan fingerprint density at radius 3 is 2.15 bits per heavy atom. The van der Waals surface area contributed by atoms with Gasteiger partial charge in [0.05, 0.1) is 34.1 Å². The van der Waals surface area contributed by atoms with Gasteiger partial charge < -0.3 is 26.4 Å². The van der Waals surface area contributed by atoms with Crippen LogP contribution in [0.1, 0.15) is 94.4 Å². The molecule has 5 atom stereocenters. The van der Waals surface area contributed by atoms with E-state index in [9.17, 15) is 29.1 Å². The third kappa shape index (κ3) is 11.6. The fraction of sp³-hybridized carbons (Fsp3) is 0.422. The lowest BCUT2D eigenvalue weighted by Gasteiger charge is -2.38. The molecule has 1 saturated heterocycles. The minimum Gasteiger partial charge on any atom is -0.391 e. The van der Waals surface area contributed by atoms with Crippen molar-refractivity contribution in [2.45, 2.75) is 91.8 Å². The standard InChI is InChI=1S/C45H57N7O6S/c1-7-23-48-51-42(56)33-17-13-30(14-18-33)31-19-21-34(22-20-31)50-38(54)10-8-9-36(41(46)55)39(45(4,5)6)44(58)52-25-35(53)24-37(52)43(57)49-27(2)29-11-15-32(16-12-29)40-28(3)47-26-59-40/h11-22,26-27,35-37,39,48,53H,7-10,23-25H2,1-6H3,(H2,46,55)(H,49,57)(H,50,54)(H,51,56)/t27-,35+,36?,37-,39+/m0/s1. The second-order valence-corrected chi connectivity index (χ2v) is 17.2. The first-order valence-electron chi connectivity index (χ1n) is 20.2. The topological polar surface area (TPSA) is 196 Å². The third-order valence-corrected chi connectivity index (χ3v) is 11.7. The molecular weight excluding hydrogens is 767 g/mol. The van der Waals surface area contributed by atoms with E-state index in [2.05, 4.69) is 26.5 Å². The molecule has 5 amide bonds. The number of nitrogens with two attached hydrogens (primary N) is 1. The fourth-order valence-corrected chi connectivity index (χ4v) is 8.42. The van der Waals surface area contributed by atoms with Gasteiger partial charge in [-0.2, -0.15) is 0 Å². The van der Waals surface area contributed by atoms with Gasteiger partial charge in [0.25, 0.3) is 5.91 Å². The molecule has 1 aliphatic heterocycles. The Hall–Kier alpha value is -5.44. The number of thiazole rings is 1. The highest BCUT2D eigenvalue weighted by Gasteiger charge is 2.48. The van der Waals surface area contributed by atoms with Gasteiger partial charge in [0.15, 0.2) is 0 Å². The molecule has 0 bridgehead atoms. The van der Waals surface area contributed by atoms with E-state index in [0.717, 1.165) is 39.2 Å². The summed E-state index contributed by atoms with van der Waals surface area (Å²) in [7, 11) is 0. The lowest BCUT2D eigenvalue weighted by Crippen LogP contribution is -2.53. The number of carbonyl (C=O) groups is 5. The average Bonchev–Trinajstić information content (AvgIpc) is 3.82. The second kappa shape index (κ2) is 20.0. The fourth-order valence-electron chi connectivity index (χ4n) is 7.60. The molecule has 314 valence electrons. The number of aryl methyl sites for hydroxylation is 1. The van der Waals surface area contributed by atoms with Crippen molar-refractivity contribution < 1.29 is 29.1 Å². The molecule has 13 nitrogen and oxygen atoms in total. The van der Waals surface area contributed by atoms with Crippen molar-refractivity contribution in [2.24, 2.45) is 23.0 Å². The smallest absolute Gasteiger partial charge is 0.265 e. The summed E-state index contributed by atoms with van der Waals surface area (Å²) in [5.41, 5.74) is 18.4. The van der Waals surface area contributed by atoms with Crippen LogP contribution in [0.4, 0.5) is 5.69 Å².